The van der Waals surface area contributed by atoms with E-state index in [1.54, 1.807) is 0 Å². The van der Waals surface area contributed by atoms with E-state index in [9.17, 15) is 14.4 Å². The minimum absolute atomic E-state index is 0.0980. The van der Waals surface area contributed by atoms with E-state index < -0.39 is 24.1 Å². The van der Waals surface area contributed by atoms with E-state index in [4.69, 9.17) is 26.3 Å². The summed E-state index contributed by atoms with van der Waals surface area (Å²) in [4.78, 5) is 40.4. The highest BCUT2D eigenvalue weighted by atomic mass is 35.5. The Hall–Kier alpha value is -3.88. The molecule has 0 fully saturated rings. The molecule has 1 aliphatic carbocycles. The van der Waals surface area contributed by atoms with Crippen molar-refractivity contribution >= 4 is 35.3 Å². The van der Waals surface area contributed by atoms with Crippen molar-refractivity contribution in [3.63, 3.8) is 0 Å². The van der Waals surface area contributed by atoms with Gasteiger partial charge in [0.25, 0.3) is 5.91 Å². The largest absolute Gasteiger partial charge is 0.479 e. The number of carboxylic acid groups (broad SMARTS) is 1. The van der Waals surface area contributed by atoms with Crippen molar-refractivity contribution in [1.29, 1.82) is 0 Å². The van der Waals surface area contributed by atoms with E-state index in [0.717, 1.165) is 22.3 Å². The molecule has 0 spiro atoms. The molecule has 4 rings (SSSR count). The Kier molecular flexibility index (Phi) is 6.81. The van der Waals surface area contributed by atoms with Gasteiger partial charge in [0.15, 0.2) is 6.10 Å². The summed E-state index contributed by atoms with van der Waals surface area (Å²) in [5.41, 5.74) is 6.74. The van der Waals surface area contributed by atoms with Crippen molar-refractivity contribution in [2.45, 2.75) is 18.9 Å². The Morgan fingerprint density at radius 2 is 1.62 bits per heavy atom. The molecule has 0 saturated heterocycles. The Morgan fingerprint density at radius 3 is 2.24 bits per heavy atom. The first-order valence-electron chi connectivity index (χ1n) is 10.5. The summed E-state index contributed by atoms with van der Waals surface area (Å²) in [6.45, 7) is 1.40. The highest BCUT2D eigenvalue weighted by molar-refractivity contribution is 6.33. The predicted octanol–water partition coefficient (Wildman–Crippen LogP) is 4.84. The molecule has 0 saturated carbocycles. The summed E-state index contributed by atoms with van der Waals surface area (Å²) >= 11 is 6.16. The third-order valence-corrected chi connectivity index (χ3v) is 5.81. The Morgan fingerprint density at radius 1 is 1.00 bits per heavy atom. The molecule has 0 radical (unpaired) electrons. The van der Waals surface area contributed by atoms with E-state index >= 15 is 0 Å². The van der Waals surface area contributed by atoms with Crippen molar-refractivity contribution in [1.82, 2.24) is 5.48 Å². The van der Waals surface area contributed by atoms with Crippen molar-refractivity contribution < 1.29 is 29.1 Å². The zero-order chi connectivity index (χ0) is 24.2. The van der Waals surface area contributed by atoms with Crippen LogP contribution in [0.1, 0.15) is 34.3 Å². The maximum Gasteiger partial charge on any atom is 0.411 e. The van der Waals surface area contributed by atoms with Gasteiger partial charge in [-0.05, 0) is 47.4 Å². The number of rotatable bonds is 7. The van der Waals surface area contributed by atoms with Gasteiger partial charge in [-0.2, -0.15) is 0 Å². The summed E-state index contributed by atoms with van der Waals surface area (Å²) in [5, 5.41) is 11.6. The van der Waals surface area contributed by atoms with Gasteiger partial charge in [-0.1, -0.05) is 60.1 Å². The summed E-state index contributed by atoms with van der Waals surface area (Å²) < 4.78 is 5.51. The fourth-order valence-corrected chi connectivity index (χ4v) is 3.92. The van der Waals surface area contributed by atoms with Gasteiger partial charge in [0.1, 0.15) is 6.61 Å². The lowest BCUT2D eigenvalue weighted by Crippen LogP contribution is -2.32. The van der Waals surface area contributed by atoms with E-state index in [0.29, 0.717) is 0 Å². The molecule has 1 unspecified atom stereocenters. The lowest BCUT2D eigenvalue weighted by atomic mass is 9.98. The number of carboxylic acids is 1. The fraction of sp³-hybridized carbons (Fsp3) is 0.160. The van der Waals surface area contributed by atoms with Gasteiger partial charge >= 0.3 is 12.1 Å². The number of nitrogens with one attached hydrogen (secondary N) is 2. The highest BCUT2D eigenvalue weighted by Crippen LogP contribution is 2.44. The number of carbonyl (C=O) groups is 3. The normalized spacial score (nSPS) is 12.9. The number of fused-ring (bicyclic) bond motifs is 3. The lowest BCUT2D eigenvalue weighted by Gasteiger charge is -2.15. The number of aliphatic carboxylic acids is 1. The SMILES string of the molecule is CC(ONC(=O)c1ccc(Cl)c(NC(=O)OCC2c3ccccc3-c3ccccc32)c1)C(=O)O. The van der Waals surface area contributed by atoms with E-state index in [-0.39, 0.29) is 28.8 Å². The molecule has 174 valence electrons. The second kappa shape index (κ2) is 9.94. The Bertz CT molecular complexity index is 1220. The Balaban J connectivity index is 1.41. The van der Waals surface area contributed by atoms with Crippen LogP contribution in [0.3, 0.4) is 0 Å². The molecule has 34 heavy (non-hydrogen) atoms. The van der Waals surface area contributed by atoms with Crippen LogP contribution >= 0.6 is 11.6 Å². The van der Waals surface area contributed by atoms with Crippen LogP contribution in [0.2, 0.25) is 5.02 Å². The first kappa shape index (κ1) is 23.3. The summed E-state index contributed by atoms with van der Waals surface area (Å²) in [6, 6.07) is 20.2. The van der Waals surface area contributed by atoms with Crippen LogP contribution in [0, 0.1) is 0 Å². The van der Waals surface area contributed by atoms with Crippen molar-refractivity contribution in [3.05, 3.63) is 88.4 Å². The van der Waals surface area contributed by atoms with Crippen LogP contribution in [0.25, 0.3) is 11.1 Å². The summed E-state index contributed by atoms with van der Waals surface area (Å²) in [6.07, 6.45) is -1.95. The van der Waals surface area contributed by atoms with Gasteiger partial charge in [0.2, 0.25) is 0 Å². The van der Waals surface area contributed by atoms with E-state index in [1.807, 2.05) is 48.5 Å². The minimum atomic E-state index is -1.23. The summed E-state index contributed by atoms with van der Waals surface area (Å²) in [5.74, 6) is -2.02. The standard InChI is InChI=1S/C25H21ClN2O6/c1-14(24(30)31)34-28-23(29)15-10-11-21(26)22(12-15)27-25(32)33-13-20-18-8-4-2-6-16(18)17-7-3-5-9-19(17)20/h2-12,14,20H,13H2,1H3,(H,27,32)(H,28,29)(H,30,31). The summed E-state index contributed by atoms with van der Waals surface area (Å²) in [7, 11) is 0. The molecule has 3 N–H and O–H groups in total. The molecule has 9 heteroatoms. The van der Waals surface area contributed by atoms with Crippen LogP contribution in [0.5, 0.6) is 0 Å². The molecule has 0 heterocycles. The van der Waals surface area contributed by atoms with Gasteiger partial charge in [0, 0.05) is 11.5 Å². The average Bonchev–Trinajstić information content (AvgIpc) is 3.16. The van der Waals surface area contributed by atoms with Crippen molar-refractivity contribution in [2.24, 2.45) is 0 Å². The zero-order valence-electron chi connectivity index (χ0n) is 18.1. The van der Waals surface area contributed by atoms with Crippen LogP contribution in [0.15, 0.2) is 66.7 Å². The second-order valence-electron chi connectivity index (χ2n) is 7.67. The van der Waals surface area contributed by atoms with Gasteiger partial charge in [-0.3, -0.25) is 14.9 Å². The number of ether oxygens (including phenoxy) is 1. The quantitative estimate of drug-likeness (QED) is 0.417. The molecular weight excluding hydrogens is 460 g/mol. The number of halogens is 1. The molecule has 3 aromatic carbocycles. The van der Waals surface area contributed by atoms with Crippen LogP contribution in [0.4, 0.5) is 10.5 Å². The molecular formula is C25H21ClN2O6. The van der Waals surface area contributed by atoms with Gasteiger partial charge in [0.05, 0.1) is 10.7 Å². The van der Waals surface area contributed by atoms with Crippen LogP contribution in [-0.2, 0) is 14.4 Å². The molecule has 1 atom stereocenters. The number of anilines is 1. The van der Waals surface area contributed by atoms with E-state index in [2.05, 4.69) is 10.8 Å². The number of carbonyl (C=O) groups excluding carboxylic acids is 2. The third-order valence-electron chi connectivity index (χ3n) is 5.49. The van der Waals surface area contributed by atoms with Gasteiger partial charge < -0.3 is 9.84 Å². The van der Waals surface area contributed by atoms with E-state index in [1.165, 1.54) is 25.1 Å². The molecule has 8 nitrogen and oxygen atoms in total. The zero-order valence-corrected chi connectivity index (χ0v) is 18.8. The third kappa shape index (κ3) is 4.88. The first-order chi connectivity index (χ1) is 16.3. The molecule has 0 bridgehead atoms. The smallest absolute Gasteiger partial charge is 0.411 e. The monoisotopic (exact) mass is 480 g/mol. The second-order valence-corrected chi connectivity index (χ2v) is 8.08. The maximum absolute atomic E-state index is 12.5. The first-order valence-corrected chi connectivity index (χ1v) is 10.8. The van der Waals surface area contributed by atoms with Crippen LogP contribution < -0.4 is 10.8 Å². The number of benzene rings is 3. The predicted molar refractivity (Wildman–Crippen MR) is 126 cm³/mol. The van der Waals surface area contributed by atoms with Crippen molar-refractivity contribution in [3.8, 4) is 11.1 Å². The fourth-order valence-electron chi connectivity index (χ4n) is 3.76. The number of hydrogen-bond acceptors (Lipinski definition) is 5. The molecule has 0 aliphatic heterocycles. The number of hydrogen-bond donors (Lipinski definition) is 3. The van der Waals surface area contributed by atoms with Gasteiger partial charge in [-0.15, -0.1) is 0 Å². The topological polar surface area (TPSA) is 114 Å². The lowest BCUT2D eigenvalue weighted by molar-refractivity contribution is -0.152. The maximum atomic E-state index is 12.5. The van der Waals surface area contributed by atoms with Gasteiger partial charge in [-0.25, -0.2) is 15.1 Å². The Labute approximate surface area is 200 Å². The number of amides is 2. The molecule has 3 aromatic rings. The van der Waals surface area contributed by atoms with Crippen LogP contribution in [-0.4, -0.2) is 35.8 Å². The molecule has 1 aliphatic rings. The average molecular weight is 481 g/mol. The molecule has 2 amide bonds. The number of hydroxylamine groups is 1. The van der Waals surface area contributed by atoms with Crippen molar-refractivity contribution in [2.75, 3.05) is 11.9 Å². The minimum Gasteiger partial charge on any atom is -0.479 e. The molecule has 0 aromatic heterocycles. The highest BCUT2D eigenvalue weighted by Gasteiger charge is 2.29.